The molecule has 1 amide bonds. The van der Waals surface area contributed by atoms with Gasteiger partial charge in [-0.3, -0.25) is 4.79 Å². The van der Waals surface area contributed by atoms with Gasteiger partial charge in [0.1, 0.15) is 0 Å². The van der Waals surface area contributed by atoms with Gasteiger partial charge in [0, 0.05) is 24.4 Å². The lowest BCUT2D eigenvalue weighted by Gasteiger charge is -2.33. The number of hydrogen-bond acceptors (Lipinski definition) is 1. The Labute approximate surface area is 133 Å². The van der Waals surface area contributed by atoms with Gasteiger partial charge in [0.05, 0.1) is 0 Å². The molecule has 0 N–H and O–H groups in total. The van der Waals surface area contributed by atoms with E-state index in [1.54, 1.807) is 0 Å². The smallest absolute Gasteiger partial charge is 0.225 e. The van der Waals surface area contributed by atoms with Crippen molar-refractivity contribution in [3.05, 3.63) is 35.9 Å². The number of benzene rings is 1. The highest BCUT2D eigenvalue weighted by Gasteiger charge is 2.46. The Bertz CT molecular complexity index is 520. The van der Waals surface area contributed by atoms with E-state index in [0.717, 1.165) is 19.4 Å². The second-order valence-corrected chi connectivity index (χ2v) is 7.50. The summed E-state index contributed by atoms with van der Waals surface area (Å²) in [5, 5.41) is 0. The highest BCUT2D eigenvalue weighted by molar-refractivity contribution is 5.80. The molecule has 1 aliphatic heterocycles. The van der Waals surface area contributed by atoms with Crippen LogP contribution < -0.4 is 0 Å². The summed E-state index contributed by atoms with van der Waals surface area (Å²) in [6.07, 6.45) is 9.94. The Morgan fingerprint density at radius 2 is 1.59 bits per heavy atom. The van der Waals surface area contributed by atoms with Crippen molar-refractivity contribution in [2.75, 3.05) is 6.54 Å². The first-order valence-corrected chi connectivity index (χ1v) is 9.20. The molecule has 1 heterocycles. The highest BCUT2D eigenvalue weighted by atomic mass is 16.2. The second-order valence-electron chi connectivity index (χ2n) is 7.50. The maximum absolute atomic E-state index is 13.0. The minimum atomic E-state index is 0.331. The van der Waals surface area contributed by atoms with Crippen molar-refractivity contribution in [3.8, 4) is 0 Å². The molecule has 1 aromatic rings. The van der Waals surface area contributed by atoms with E-state index in [-0.39, 0.29) is 0 Å². The van der Waals surface area contributed by atoms with Gasteiger partial charge in [0.15, 0.2) is 0 Å². The second kappa shape index (κ2) is 6.06. The highest BCUT2D eigenvalue weighted by Crippen LogP contribution is 2.46. The van der Waals surface area contributed by atoms with Crippen LogP contribution in [0.1, 0.15) is 62.8 Å². The Kier molecular flexibility index (Phi) is 3.94. The zero-order chi connectivity index (χ0) is 14.9. The molecule has 2 nitrogen and oxygen atoms in total. The summed E-state index contributed by atoms with van der Waals surface area (Å²) in [5.41, 5.74) is 1.45. The first-order chi connectivity index (χ1) is 10.8. The van der Waals surface area contributed by atoms with Crippen LogP contribution in [0.5, 0.6) is 0 Å². The molecule has 3 atom stereocenters. The van der Waals surface area contributed by atoms with Gasteiger partial charge < -0.3 is 4.90 Å². The third-order valence-electron chi connectivity index (χ3n) is 6.31. The fourth-order valence-electron chi connectivity index (χ4n) is 5.19. The number of nitrogens with zero attached hydrogens (tertiary/aromatic N) is 1. The molecular weight excluding hydrogens is 270 g/mol. The molecule has 2 heteroatoms. The standard InChI is InChI=1S/C20H27NO/c22-20(16-10-4-5-11-16)21-14-18(15-8-2-1-3-9-15)17-12-6-7-13-19(17)21/h1-3,8-9,16-19H,4-7,10-14H2. The monoisotopic (exact) mass is 297 g/mol. The van der Waals surface area contributed by atoms with Crippen molar-refractivity contribution < 1.29 is 4.79 Å². The Balaban J connectivity index is 1.59. The van der Waals surface area contributed by atoms with Crippen LogP contribution in [0.15, 0.2) is 30.3 Å². The summed E-state index contributed by atoms with van der Waals surface area (Å²) in [4.78, 5) is 15.3. The zero-order valence-electron chi connectivity index (χ0n) is 13.4. The van der Waals surface area contributed by atoms with Crippen LogP contribution in [0.4, 0.5) is 0 Å². The molecular formula is C20H27NO. The van der Waals surface area contributed by atoms with Gasteiger partial charge in [0.25, 0.3) is 0 Å². The summed E-state index contributed by atoms with van der Waals surface area (Å²) >= 11 is 0. The predicted octanol–water partition coefficient (Wildman–Crippen LogP) is 4.36. The Morgan fingerprint density at radius 3 is 2.36 bits per heavy atom. The summed E-state index contributed by atoms with van der Waals surface area (Å²) in [6, 6.07) is 11.4. The van der Waals surface area contributed by atoms with Gasteiger partial charge in [-0.05, 0) is 37.2 Å². The first-order valence-electron chi connectivity index (χ1n) is 9.20. The summed E-state index contributed by atoms with van der Waals surface area (Å²) in [7, 11) is 0. The first kappa shape index (κ1) is 14.3. The summed E-state index contributed by atoms with van der Waals surface area (Å²) in [6.45, 7) is 0.967. The average Bonchev–Trinajstić information content (AvgIpc) is 3.23. The van der Waals surface area contributed by atoms with Crippen molar-refractivity contribution in [2.45, 2.75) is 63.3 Å². The van der Waals surface area contributed by atoms with Crippen molar-refractivity contribution >= 4 is 5.91 Å². The molecule has 1 saturated heterocycles. The maximum atomic E-state index is 13.0. The Morgan fingerprint density at radius 1 is 0.909 bits per heavy atom. The van der Waals surface area contributed by atoms with Crippen LogP contribution >= 0.6 is 0 Å². The Hall–Kier alpha value is -1.31. The van der Waals surface area contributed by atoms with E-state index in [9.17, 15) is 4.79 Å². The van der Waals surface area contributed by atoms with Gasteiger partial charge in [-0.15, -0.1) is 0 Å². The molecule has 0 bridgehead atoms. The number of carbonyl (C=O) groups is 1. The van der Waals surface area contributed by atoms with Crippen LogP contribution in [0, 0.1) is 11.8 Å². The molecule has 118 valence electrons. The number of rotatable bonds is 2. The fraction of sp³-hybridized carbons (Fsp3) is 0.650. The lowest BCUT2D eigenvalue weighted by molar-refractivity contribution is -0.137. The van der Waals surface area contributed by atoms with Crippen LogP contribution in [0.3, 0.4) is 0 Å². The molecule has 0 radical (unpaired) electrons. The lowest BCUT2D eigenvalue weighted by Crippen LogP contribution is -2.41. The van der Waals surface area contributed by atoms with E-state index in [4.69, 9.17) is 0 Å². The quantitative estimate of drug-likeness (QED) is 0.794. The van der Waals surface area contributed by atoms with Gasteiger partial charge in [-0.2, -0.15) is 0 Å². The lowest BCUT2D eigenvalue weighted by atomic mass is 9.77. The zero-order valence-corrected chi connectivity index (χ0v) is 13.4. The van der Waals surface area contributed by atoms with Crippen LogP contribution in [0.2, 0.25) is 0 Å². The molecule has 1 aromatic carbocycles. The third-order valence-corrected chi connectivity index (χ3v) is 6.31. The minimum Gasteiger partial charge on any atom is -0.339 e. The molecule has 0 spiro atoms. The van der Waals surface area contributed by atoms with E-state index in [0.29, 0.717) is 29.7 Å². The van der Waals surface area contributed by atoms with E-state index in [1.165, 1.54) is 44.1 Å². The van der Waals surface area contributed by atoms with Crippen LogP contribution in [-0.4, -0.2) is 23.4 Å². The van der Waals surface area contributed by atoms with Gasteiger partial charge >= 0.3 is 0 Å². The summed E-state index contributed by atoms with van der Waals surface area (Å²) in [5.74, 6) is 2.07. The molecule has 2 saturated carbocycles. The number of hydrogen-bond donors (Lipinski definition) is 0. The van der Waals surface area contributed by atoms with Crippen molar-refractivity contribution in [1.29, 1.82) is 0 Å². The van der Waals surface area contributed by atoms with Crippen LogP contribution in [0.25, 0.3) is 0 Å². The van der Waals surface area contributed by atoms with Crippen molar-refractivity contribution in [2.24, 2.45) is 11.8 Å². The molecule has 3 fully saturated rings. The molecule has 2 aliphatic carbocycles. The molecule has 3 aliphatic rings. The molecule has 0 aromatic heterocycles. The number of fused-ring (bicyclic) bond motifs is 1. The van der Waals surface area contributed by atoms with Gasteiger partial charge in [0.2, 0.25) is 5.91 Å². The maximum Gasteiger partial charge on any atom is 0.225 e. The van der Waals surface area contributed by atoms with E-state index in [1.807, 2.05) is 0 Å². The SMILES string of the molecule is O=C(C1CCCC1)N1CC(c2ccccc2)C2CCCCC21. The van der Waals surface area contributed by atoms with Gasteiger partial charge in [-0.25, -0.2) is 0 Å². The fourth-order valence-corrected chi connectivity index (χ4v) is 5.19. The predicted molar refractivity (Wildman–Crippen MR) is 88.6 cm³/mol. The van der Waals surface area contributed by atoms with E-state index in [2.05, 4.69) is 35.2 Å². The molecule has 22 heavy (non-hydrogen) atoms. The number of carbonyl (C=O) groups excluding carboxylic acids is 1. The summed E-state index contributed by atoms with van der Waals surface area (Å²) < 4.78 is 0. The van der Waals surface area contributed by atoms with E-state index >= 15 is 0 Å². The topological polar surface area (TPSA) is 20.3 Å². The third kappa shape index (κ3) is 2.47. The van der Waals surface area contributed by atoms with E-state index < -0.39 is 0 Å². The van der Waals surface area contributed by atoms with Gasteiger partial charge in [-0.1, -0.05) is 56.0 Å². The minimum absolute atomic E-state index is 0.331. The largest absolute Gasteiger partial charge is 0.339 e. The normalized spacial score (nSPS) is 32.2. The van der Waals surface area contributed by atoms with Crippen molar-refractivity contribution in [1.82, 2.24) is 4.90 Å². The van der Waals surface area contributed by atoms with Crippen LogP contribution in [-0.2, 0) is 4.79 Å². The molecule has 4 rings (SSSR count). The molecule has 3 unspecified atom stereocenters. The number of amides is 1. The average molecular weight is 297 g/mol. The van der Waals surface area contributed by atoms with Crippen molar-refractivity contribution in [3.63, 3.8) is 0 Å². The number of likely N-dealkylation sites (tertiary alicyclic amines) is 1.